The zero-order valence-corrected chi connectivity index (χ0v) is 11.9. The Morgan fingerprint density at radius 3 is 2.78 bits per heavy atom. The van der Waals surface area contributed by atoms with Gasteiger partial charge in [-0.25, -0.2) is 4.98 Å². The third kappa shape index (κ3) is 2.51. The highest BCUT2D eigenvalue weighted by Gasteiger charge is 2.07. The molecule has 0 unspecified atom stereocenters. The summed E-state index contributed by atoms with van der Waals surface area (Å²) < 4.78 is 5.71. The normalized spacial score (nSPS) is 10.6. The molecular weight excluding hydrogens is 290 g/mol. The fourth-order valence-corrected chi connectivity index (χ4v) is 2.32. The van der Waals surface area contributed by atoms with Crippen molar-refractivity contribution in [3.63, 3.8) is 0 Å². The second kappa shape index (κ2) is 5.31. The average Bonchev–Trinajstić information content (AvgIpc) is 3.24. The van der Waals surface area contributed by atoms with Crippen LogP contribution in [-0.2, 0) is 0 Å². The van der Waals surface area contributed by atoms with E-state index in [1.54, 1.807) is 24.5 Å². The highest BCUT2D eigenvalue weighted by molar-refractivity contribution is 5.82. The molecule has 2 aromatic heterocycles. The van der Waals surface area contributed by atoms with Gasteiger partial charge in [0.2, 0.25) is 0 Å². The van der Waals surface area contributed by atoms with Gasteiger partial charge in [0.15, 0.2) is 5.76 Å². The van der Waals surface area contributed by atoms with E-state index < -0.39 is 0 Å². The van der Waals surface area contributed by atoms with Crippen LogP contribution in [0, 0.1) is 11.3 Å². The zero-order valence-electron chi connectivity index (χ0n) is 11.9. The van der Waals surface area contributed by atoms with E-state index >= 15 is 0 Å². The molecule has 0 saturated heterocycles. The lowest BCUT2D eigenvalue weighted by Crippen LogP contribution is -1.89. The van der Waals surface area contributed by atoms with Crippen molar-refractivity contribution >= 4 is 22.6 Å². The fourth-order valence-electron chi connectivity index (χ4n) is 2.32. The molecule has 0 aliphatic heterocycles. The van der Waals surface area contributed by atoms with Gasteiger partial charge in [-0.1, -0.05) is 0 Å². The number of hydrogen-bond acceptors (Lipinski definition) is 5. The Kier molecular flexibility index (Phi) is 3.03. The molecule has 2 aromatic carbocycles. The second-order valence-corrected chi connectivity index (χ2v) is 5.02. The van der Waals surface area contributed by atoms with Crippen LogP contribution in [0.15, 0.2) is 59.3 Å². The molecular formula is C17H11N5O. The summed E-state index contributed by atoms with van der Waals surface area (Å²) in [5.41, 5.74) is 3.32. The molecule has 0 atom stereocenters. The number of anilines is 2. The number of oxazole rings is 1. The van der Waals surface area contributed by atoms with Crippen molar-refractivity contribution < 1.29 is 4.42 Å². The smallest absolute Gasteiger partial charge is 0.299 e. The SMILES string of the molecule is N#Cc1ccc(-c2cnc(Nc3ccc4[nH]ncc4c3)o2)cc1. The molecule has 4 aromatic rings. The predicted octanol–water partition coefficient (Wildman–Crippen LogP) is 3.83. The molecule has 0 amide bonds. The van der Waals surface area contributed by atoms with Gasteiger partial charge in [0.1, 0.15) is 0 Å². The van der Waals surface area contributed by atoms with E-state index in [0.717, 1.165) is 22.2 Å². The number of aromatic nitrogens is 3. The molecule has 0 spiro atoms. The van der Waals surface area contributed by atoms with Crippen LogP contribution in [0.1, 0.15) is 5.56 Å². The van der Waals surface area contributed by atoms with Gasteiger partial charge < -0.3 is 9.73 Å². The minimum Gasteiger partial charge on any atom is -0.423 e. The molecule has 0 bridgehead atoms. The average molecular weight is 301 g/mol. The van der Waals surface area contributed by atoms with E-state index in [4.69, 9.17) is 9.68 Å². The molecule has 0 aliphatic rings. The van der Waals surface area contributed by atoms with Crippen molar-refractivity contribution in [2.45, 2.75) is 0 Å². The van der Waals surface area contributed by atoms with E-state index in [1.807, 2.05) is 30.3 Å². The van der Waals surface area contributed by atoms with Crippen LogP contribution in [0.4, 0.5) is 11.7 Å². The van der Waals surface area contributed by atoms with Crippen molar-refractivity contribution in [1.82, 2.24) is 15.2 Å². The summed E-state index contributed by atoms with van der Waals surface area (Å²) in [6.07, 6.45) is 3.42. The molecule has 2 N–H and O–H groups in total. The van der Waals surface area contributed by atoms with Crippen LogP contribution >= 0.6 is 0 Å². The quantitative estimate of drug-likeness (QED) is 0.600. The van der Waals surface area contributed by atoms with Crippen LogP contribution in [-0.4, -0.2) is 15.2 Å². The van der Waals surface area contributed by atoms with Gasteiger partial charge in [-0.3, -0.25) is 5.10 Å². The lowest BCUT2D eigenvalue weighted by Gasteiger charge is -2.01. The Morgan fingerprint density at radius 2 is 1.96 bits per heavy atom. The highest BCUT2D eigenvalue weighted by atomic mass is 16.4. The third-order valence-electron chi connectivity index (χ3n) is 3.50. The summed E-state index contributed by atoms with van der Waals surface area (Å²) in [7, 11) is 0. The summed E-state index contributed by atoms with van der Waals surface area (Å²) >= 11 is 0. The molecule has 2 heterocycles. The summed E-state index contributed by atoms with van der Waals surface area (Å²) in [5, 5.41) is 19.9. The topological polar surface area (TPSA) is 90.5 Å². The standard InChI is InChI=1S/C17H11N5O/c18-8-11-1-3-12(4-2-11)16-10-19-17(23-16)21-14-5-6-15-13(7-14)9-20-22-15/h1-7,9-10H,(H,19,21)(H,20,22). The number of aromatic amines is 1. The number of hydrogen-bond donors (Lipinski definition) is 2. The first-order valence-electron chi connectivity index (χ1n) is 6.98. The molecule has 6 heteroatoms. The Hall–Kier alpha value is -3.59. The summed E-state index contributed by atoms with van der Waals surface area (Å²) in [6.45, 7) is 0. The Labute approximate surface area is 131 Å². The lowest BCUT2D eigenvalue weighted by molar-refractivity contribution is 0.592. The number of H-pyrrole nitrogens is 1. The summed E-state index contributed by atoms with van der Waals surface area (Å²) in [4.78, 5) is 4.23. The Bertz CT molecular complexity index is 1010. The van der Waals surface area contributed by atoms with E-state index in [0.29, 0.717) is 17.3 Å². The Balaban J connectivity index is 1.58. The molecule has 0 aliphatic carbocycles. The maximum absolute atomic E-state index is 8.82. The highest BCUT2D eigenvalue weighted by Crippen LogP contribution is 2.25. The van der Waals surface area contributed by atoms with Crippen molar-refractivity contribution in [2.24, 2.45) is 0 Å². The predicted molar refractivity (Wildman–Crippen MR) is 86.0 cm³/mol. The van der Waals surface area contributed by atoms with Crippen molar-refractivity contribution in [2.75, 3.05) is 5.32 Å². The Morgan fingerprint density at radius 1 is 1.09 bits per heavy atom. The number of fused-ring (bicyclic) bond motifs is 1. The van der Waals surface area contributed by atoms with E-state index in [2.05, 4.69) is 26.6 Å². The summed E-state index contributed by atoms with van der Waals surface area (Å²) in [6, 6.07) is 15.5. The van der Waals surface area contributed by atoms with Gasteiger partial charge in [0.25, 0.3) is 6.01 Å². The van der Waals surface area contributed by atoms with E-state index in [-0.39, 0.29) is 0 Å². The van der Waals surface area contributed by atoms with Crippen LogP contribution in [0.2, 0.25) is 0 Å². The lowest BCUT2D eigenvalue weighted by atomic mass is 10.1. The number of benzene rings is 2. The number of nitriles is 1. The van der Waals surface area contributed by atoms with Crippen LogP contribution < -0.4 is 5.32 Å². The number of rotatable bonds is 3. The molecule has 110 valence electrons. The van der Waals surface area contributed by atoms with Gasteiger partial charge in [-0.15, -0.1) is 0 Å². The minimum atomic E-state index is 0.409. The van der Waals surface area contributed by atoms with Gasteiger partial charge in [0.05, 0.1) is 29.5 Å². The summed E-state index contributed by atoms with van der Waals surface area (Å²) in [5.74, 6) is 0.640. The first-order chi connectivity index (χ1) is 11.3. The second-order valence-electron chi connectivity index (χ2n) is 5.02. The van der Waals surface area contributed by atoms with E-state index in [1.165, 1.54) is 0 Å². The first-order valence-corrected chi connectivity index (χ1v) is 6.98. The first kappa shape index (κ1) is 13.1. The zero-order chi connectivity index (χ0) is 15.6. The number of nitrogens with zero attached hydrogens (tertiary/aromatic N) is 3. The van der Waals surface area contributed by atoms with Gasteiger partial charge >= 0.3 is 0 Å². The number of nitrogens with one attached hydrogen (secondary N) is 2. The molecule has 4 rings (SSSR count). The largest absolute Gasteiger partial charge is 0.423 e. The van der Waals surface area contributed by atoms with Crippen LogP contribution in [0.25, 0.3) is 22.2 Å². The van der Waals surface area contributed by atoms with E-state index in [9.17, 15) is 0 Å². The fraction of sp³-hybridized carbons (Fsp3) is 0. The van der Waals surface area contributed by atoms with Gasteiger partial charge in [-0.2, -0.15) is 10.4 Å². The van der Waals surface area contributed by atoms with Crippen LogP contribution in [0.5, 0.6) is 0 Å². The third-order valence-corrected chi connectivity index (χ3v) is 3.50. The molecule has 6 nitrogen and oxygen atoms in total. The maximum atomic E-state index is 8.82. The van der Waals surface area contributed by atoms with Crippen LogP contribution in [0.3, 0.4) is 0 Å². The molecule has 0 radical (unpaired) electrons. The van der Waals surface area contributed by atoms with Gasteiger partial charge in [-0.05, 0) is 42.5 Å². The van der Waals surface area contributed by atoms with Crippen molar-refractivity contribution in [3.05, 3.63) is 60.4 Å². The molecule has 0 fully saturated rings. The van der Waals surface area contributed by atoms with Crippen molar-refractivity contribution in [1.29, 1.82) is 5.26 Å². The minimum absolute atomic E-state index is 0.409. The molecule has 23 heavy (non-hydrogen) atoms. The van der Waals surface area contributed by atoms with Gasteiger partial charge in [0, 0.05) is 16.6 Å². The van der Waals surface area contributed by atoms with Crippen molar-refractivity contribution in [3.8, 4) is 17.4 Å². The molecule has 0 saturated carbocycles. The maximum Gasteiger partial charge on any atom is 0.299 e. The monoisotopic (exact) mass is 301 g/mol.